The van der Waals surface area contributed by atoms with E-state index in [-0.39, 0.29) is 18.1 Å². The number of aliphatic hydroxyl groups is 1. The monoisotopic (exact) mass is 373 g/mol. The van der Waals surface area contributed by atoms with Crippen LogP contribution in [0.25, 0.3) is 23.1 Å². The molecule has 2 aromatic heterocycles. The number of rotatable bonds is 6. The quantitative estimate of drug-likeness (QED) is 0.617. The lowest BCUT2D eigenvalue weighted by Crippen LogP contribution is -2.41. The van der Waals surface area contributed by atoms with Gasteiger partial charge in [-0.15, -0.1) is 11.3 Å². The molecule has 7 heteroatoms. The number of benzene rings is 1. The minimum atomic E-state index is -0.632. The molecule has 5 nitrogen and oxygen atoms in total. The van der Waals surface area contributed by atoms with Gasteiger partial charge in [-0.3, -0.25) is 9.89 Å². The van der Waals surface area contributed by atoms with Gasteiger partial charge >= 0.3 is 0 Å². The zero-order chi connectivity index (χ0) is 18.7. The summed E-state index contributed by atoms with van der Waals surface area (Å²) < 4.78 is 14.4. The largest absolute Gasteiger partial charge is 0.394 e. The molecule has 3 rings (SSSR count). The van der Waals surface area contributed by atoms with Crippen molar-refractivity contribution in [2.45, 2.75) is 19.9 Å². The van der Waals surface area contributed by atoms with Gasteiger partial charge in [0.2, 0.25) is 0 Å². The Morgan fingerprint density at radius 1 is 1.42 bits per heavy atom. The van der Waals surface area contributed by atoms with Crippen molar-refractivity contribution in [3.63, 3.8) is 0 Å². The molecule has 0 bridgehead atoms. The van der Waals surface area contributed by atoms with Crippen LogP contribution in [0.2, 0.25) is 0 Å². The number of hydrogen-bond donors (Lipinski definition) is 3. The number of nitrogens with zero attached hydrogens (tertiary/aromatic N) is 1. The van der Waals surface area contributed by atoms with Gasteiger partial charge in [-0.2, -0.15) is 5.10 Å². The number of aromatic amines is 1. The molecule has 0 aliphatic heterocycles. The van der Waals surface area contributed by atoms with E-state index < -0.39 is 17.8 Å². The lowest BCUT2D eigenvalue weighted by atomic mass is 10.0. The predicted octanol–water partition coefficient (Wildman–Crippen LogP) is 3.68. The minimum Gasteiger partial charge on any atom is -0.394 e. The van der Waals surface area contributed by atoms with E-state index in [1.807, 2.05) is 43.5 Å². The average Bonchev–Trinajstić information content (AvgIpc) is 3.25. The van der Waals surface area contributed by atoms with E-state index in [1.165, 1.54) is 12.1 Å². The van der Waals surface area contributed by atoms with Gasteiger partial charge in [-0.05, 0) is 35.6 Å². The maximum Gasteiger partial charge on any atom is 0.254 e. The van der Waals surface area contributed by atoms with Crippen molar-refractivity contribution >= 4 is 40.3 Å². The summed E-state index contributed by atoms with van der Waals surface area (Å²) in [5.41, 5.74) is 1.08. The van der Waals surface area contributed by atoms with Crippen molar-refractivity contribution < 1.29 is 14.3 Å². The van der Waals surface area contributed by atoms with E-state index in [9.17, 15) is 14.3 Å². The van der Waals surface area contributed by atoms with E-state index in [0.29, 0.717) is 16.6 Å². The summed E-state index contributed by atoms with van der Waals surface area (Å²) in [4.78, 5) is 13.5. The molecule has 3 aromatic rings. The summed E-state index contributed by atoms with van der Waals surface area (Å²) in [5, 5.41) is 21.7. The molecule has 0 unspecified atom stereocenters. The number of hydrogen-bond acceptors (Lipinski definition) is 4. The molecule has 0 fully saturated rings. The number of fused-ring (bicyclic) bond motifs is 1. The molecule has 0 saturated heterocycles. The predicted molar refractivity (Wildman–Crippen MR) is 102 cm³/mol. The molecule has 0 radical (unpaired) electrons. The van der Waals surface area contributed by atoms with Crippen molar-refractivity contribution in [1.82, 2.24) is 15.5 Å². The SMILES string of the molecule is CC(C)[C@@H](CO)NC(=O)c1cc2c(/C=C/c3cccs3)n[nH]c2cc1F. The number of carbonyl (C=O) groups is 1. The van der Waals surface area contributed by atoms with Crippen LogP contribution in [0, 0.1) is 11.7 Å². The number of halogens is 1. The van der Waals surface area contributed by atoms with Gasteiger partial charge < -0.3 is 10.4 Å². The molecule has 0 aliphatic rings. The van der Waals surface area contributed by atoms with Crippen LogP contribution in [0.5, 0.6) is 0 Å². The smallest absolute Gasteiger partial charge is 0.254 e. The highest BCUT2D eigenvalue weighted by Gasteiger charge is 2.20. The first kappa shape index (κ1) is 18.3. The van der Waals surface area contributed by atoms with Crippen LogP contribution in [0.3, 0.4) is 0 Å². The standard InChI is InChI=1S/C19H20FN3O2S/c1-11(2)18(10-24)21-19(25)13-8-14-16(6-5-12-4-3-7-26-12)22-23-17(14)9-15(13)20/h3-9,11,18,24H,10H2,1-2H3,(H,21,25)(H,22,23)/b6-5+/t18-/m1/s1. The highest BCUT2D eigenvalue weighted by molar-refractivity contribution is 7.10. The Morgan fingerprint density at radius 2 is 2.23 bits per heavy atom. The van der Waals surface area contributed by atoms with Crippen molar-refractivity contribution in [1.29, 1.82) is 0 Å². The average molecular weight is 373 g/mol. The first-order valence-electron chi connectivity index (χ1n) is 8.30. The second kappa shape index (κ2) is 7.80. The Morgan fingerprint density at radius 3 is 2.88 bits per heavy atom. The molecule has 2 heterocycles. The van der Waals surface area contributed by atoms with Crippen LogP contribution < -0.4 is 5.32 Å². The molecule has 3 N–H and O–H groups in total. The zero-order valence-corrected chi connectivity index (χ0v) is 15.3. The molecule has 1 aromatic carbocycles. The topological polar surface area (TPSA) is 78.0 Å². The molecular formula is C19H20FN3O2S. The Bertz CT molecular complexity index is 932. The van der Waals surface area contributed by atoms with Crippen molar-refractivity contribution in [2.24, 2.45) is 5.92 Å². The zero-order valence-electron chi connectivity index (χ0n) is 14.5. The maximum atomic E-state index is 14.4. The number of carbonyl (C=O) groups excluding carboxylic acids is 1. The number of nitrogens with one attached hydrogen (secondary N) is 2. The second-order valence-electron chi connectivity index (χ2n) is 6.34. The molecule has 136 valence electrons. The van der Waals surface area contributed by atoms with Gasteiger partial charge in [0.15, 0.2) is 0 Å². The summed E-state index contributed by atoms with van der Waals surface area (Å²) in [5.74, 6) is -1.15. The van der Waals surface area contributed by atoms with E-state index >= 15 is 0 Å². The van der Waals surface area contributed by atoms with Gasteiger partial charge in [0, 0.05) is 16.3 Å². The summed E-state index contributed by atoms with van der Waals surface area (Å²) in [6.45, 7) is 3.56. The summed E-state index contributed by atoms with van der Waals surface area (Å²) in [7, 11) is 0. The van der Waals surface area contributed by atoms with Gasteiger partial charge in [-0.25, -0.2) is 4.39 Å². The van der Waals surface area contributed by atoms with E-state index in [0.717, 1.165) is 4.88 Å². The van der Waals surface area contributed by atoms with Crippen LogP contribution in [0.15, 0.2) is 29.6 Å². The lowest BCUT2D eigenvalue weighted by Gasteiger charge is -2.20. The Kier molecular flexibility index (Phi) is 5.49. The van der Waals surface area contributed by atoms with Gasteiger partial charge in [0.25, 0.3) is 5.91 Å². The summed E-state index contributed by atoms with van der Waals surface area (Å²) in [6, 6.07) is 6.27. The molecule has 1 atom stereocenters. The lowest BCUT2D eigenvalue weighted by molar-refractivity contribution is 0.0893. The van der Waals surface area contributed by atoms with Crippen LogP contribution in [0.4, 0.5) is 4.39 Å². The van der Waals surface area contributed by atoms with E-state index in [2.05, 4.69) is 15.5 Å². The third-order valence-electron chi connectivity index (χ3n) is 4.19. The number of aromatic nitrogens is 2. The highest BCUT2D eigenvalue weighted by atomic mass is 32.1. The van der Waals surface area contributed by atoms with Gasteiger partial charge in [-0.1, -0.05) is 19.9 Å². The van der Waals surface area contributed by atoms with Gasteiger partial charge in [0.05, 0.1) is 29.4 Å². The fourth-order valence-electron chi connectivity index (χ4n) is 2.58. The summed E-state index contributed by atoms with van der Waals surface area (Å²) in [6.07, 6.45) is 3.75. The molecule has 1 amide bonds. The van der Waals surface area contributed by atoms with Crippen LogP contribution in [-0.4, -0.2) is 33.9 Å². The first-order chi connectivity index (χ1) is 12.5. The van der Waals surface area contributed by atoms with Crippen LogP contribution in [-0.2, 0) is 0 Å². The Hall–Kier alpha value is -2.51. The molecule has 0 spiro atoms. The van der Waals surface area contributed by atoms with Crippen molar-refractivity contribution in [3.8, 4) is 0 Å². The number of aliphatic hydroxyl groups excluding tert-OH is 1. The van der Waals surface area contributed by atoms with Gasteiger partial charge in [0.1, 0.15) is 5.82 Å². The third-order valence-corrected chi connectivity index (χ3v) is 5.03. The molecule has 26 heavy (non-hydrogen) atoms. The maximum absolute atomic E-state index is 14.4. The fraction of sp³-hybridized carbons (Fsp3) is 0.263. The van der Waals surface area contributed by atoms with Crippen molar-refractivity contribution in [2.75, 3.05) is 6.61 Å². The van der Waals surface area contributed by atoms with E-state index in [4.69, 9.17) is 0 Å². The van der Waals surface area contributed by atoms with E-state index in [1.54, 1.807) is 11.3 Å². The molecule has 0 aliphatic carbocycles. The normalized spacial score (nSPS) is 13.0. The number of thiophene rings is 1. The van der Waals surface area contributed by atoms with Crippen LogP contribution in [0.1, 0.15) is 34.8 Å². The second-order valence-corrected chi connectivity index (χ2v) is 7.32. The molecule has 0 saturated carbocycles. The minimum absolute atomic E-state index is 0.0361. The Labute approximate surface area is 154 Å². The summed E-state index contributed by atoms with van der Waals surface area (Å²) >= 11 is 1.60. The highest BCUT2D eigenvalue weighted by Crippen LogP contribution is 2.23. The Balaban J connectivity index is 1.92. The first-order valence-corrected chi connectivity index (χ1v) is 9.18. The number of amides is 1. The fourth-order valence-corrected chi connectivity index (χ4v) is 3.19. The number of H-pyrrole nitrogens is 1. The van der Waals surface area contributed by atoms with Crippen molar-refractivity contribution in [3.05, 3.63) is 51.6 Å². The molecular weight excluding hydrogens is 353 g/mol. The van der Waals surface area contributed by atoms with Crippen LogP contribution >= 0.6 is 11.3 Å². The third kappa shape index (κ3) is 3.84.